The molecule has 0 aliphatic carbocycles. The van der Waals surface area contributed by atoms with Crippen LogP contribution in [-0.4, -0.2) is 12.1 Å². The first-order valence-electron chi connectivity index (χ1n) is 4.02. The molecule has 3 nitrogen and oxygen atoms in total. The van der Waals surface area contributed by atoms with Gasteiger partial charge < -0.3 is 9.15 Å². The highest BCUT2D eigenvalue weighted by Gasteiger charge is 2.29. The molecule has 0 aliphatic heterocycles. The van der Waals surface area contributed by atoms with Crippen LogP contribution in [0.25, 0.3) is 11.1 Å². The van der Waals surface area contributed by atoms with Gasteiger partial charge in [0.1, 0.15) is 11.3 Å². The van der Waals surface area contributed by atoms with E-state index in [-0.39, 0.29) is 5.89 Å². The van der Waals surface area contributed by atoms with Gasteiger partial charge in [0.25, 0.3) is 3.79 Å². The summed E-state index contributed by atoms with van der Waals surface area (Å²) in [5.74, 6) is 0.724. The molecule has 1 aromatic heterocycles. The fourth-order valence-corrected chi connectivity index (χ4v) is 1.40. The van der Waals surface area contributed by atoms with Crippen LogP contribution in [0, 0.1) is 0 Å². The standard InChI is InChI=1S/C9H6Cl3NO2/c1-14-5-2-3-7-6(4-5)13-8(15-7)9(10,11)12/h2-4H,1H3. The average Bonchev–Trinajstić information content (AvgIpc) is 2.59. The molecule has 0 N–H and O–H groups in total. The third-order valence-electron chi connectivity index (χ3n) is 1.84. The molecule has 80 valence electrons. The van der Waals surface area contributed by atoms with Crippen molar-refractivity contribution >= 4 is 45.9 Å². The lowest BCUT2D eigenvalue weighted by Crippen LogP contribution is -1.99. The van der Waals surface area contributed by atoms with Crippen molar-refractivity contribution in [1.29, 1.82) is 0 Å². The summed E-state index contributed by atoms with van der Waals surface area (Å²) in [5.41, 5.74) is 1.15. The van der Waals surface area contributed by atoms with E-state index in [9.17, 15) is 0 Å². The SMILES string of the molecule is COc1ccc2oc(C(Cl)(Cl)Cl)nc2c1. The van der Waals surface area contributed by atoms with Gasteiger partial charge in [-0.1, -0.05) is 34.8 Å². The first-order chi connectivity index (χ1) is 7.00. The number of methoxy groups -OCH3 is 1. The number of nitrogens with zero attached hydrogens (tertiary/aromatic N) is 1. The van der Waals surface area contributed by atoms with Gasteiger partial charge in [-0.2, -0.15) is 0 Å². The number of rotatable bonds is 1. The summed E-state index contributed by atoms with van der Waals surface area (Å²) in [6.45, 7) is 0. The zero-order valence-electron chi connectivity index (χ0n) is 7.63. The molecule has 0 spiro atoms. The number of ether oxygens (including phenoxy) is 1. The highest BCUT2D eigenvalue weighted by molar-refractivity contribution is 6.66. The van der Waals surface area contributed by atoms with Crippen LogP contribution in [0.3, 0.4) is 0 Å². The summed E-state index contributed by atoms with van der Waals surface area (Å²) in [6.07, 6.45) is 0. The molecular weight excluding hydrogens is 260 g/mol. The second-order valence-electron chi connectivity index (χ2n) is 2.85. The molecule has 0 saturated carbocycles. The van der Waals surface area contributed by atoms with E-state index in [1.54, 1.807) is 25.3 Å². The molecule has 2 aromatic rings. The largest absolute Gasteiger partial charge is 0.497 e. The van der Waals surface area contributed by atoms with E-state index in [4.69, 9.17) is 44.0 Å². The van der Waals surface area contributed by atoms with Crippen LogP contribution >= 0.6 is 34.8 Å². The summed E-state index contributed by atoms with van der Waals surface area (Å²) in [7, 11) is 1.57. The fourth-order valence-electron chi connectivity index (χ4n) is 1.16. The number of hydrogen-bond donors (Lipinski definition) is 0. The summed E-state index contributed by atoms with van der Waals surface area (Å²) in [5, 5.41) is 0. The molecule has 0 bridgehead atoms. The lowest BCUT2D eigenvalue weighted by Gasteiger charge is -2.02. The summed E-state index contributed by atoms with van der Waals surface area (Å²) in [4.78, 5) is 4.05. The Balaban J connectivity index is 2.56. The predicted octanol–water partition coefficient (Wildman–Crippen LogP) is 3.66. The summed E-state index contributed by atoms with van der Waals surface area (Å²) < 4.78 is 8.66. The molecular formula is C9H6Cl3NO2. The minimum absolute atomic E-state index is 0.0516. The highest BCUT2D eigenvalue weighted by atomic mass is 35.6. The maximum absolute atomic E-state index is 5.65. The third kappa shape index (κ3) is 2.14. The van der Waals surface area contributed by atoms with Gasteiger partial charge in [-0.25, -0.2) is 4.98 Å². The van der Waals surface area contributed by atoms with Crippen molar-refractivity contribution < 1.29 is 9.15 Å². The molecule has 1 aromatic carbocycles. The molecule has 0 aliphatic rings. The van der Waals surface area contributed by atoms with E-state index in [1.165, 1.54) is 0 Å². The number of oxazole rings is 1. The Morgan fingerprint density at radius 3 is 2.67 bits per heavy atom. The van der Waals surface area contributed by atoms with E-state index in [2.05, 4.69) is 4.98 Å². The van der Waals surface area contributed by atoms with Crippen LogP contribution in [0.2, 0.25) is 0 Å². The van der Waals surface area contributed by atoms with Crippen LogP contribution in [0.5, 0.6) is 5.75 Å². The Morgan fingerprint density at radius 2 is 2.07 bits per heavy atom. The van der Waals surface area contributed by atoms with Gasteiger partial charge in [0.05, 0.1) is 7.11 Å². The van der Waals surface area contributed by atoms with Gasteiger partial charge in [0.15, 0.2) is 5.58 Å². The van der Waals surface area contributed by atoms with Crippen molar-refractivity contribution in [3.63, 3.8) is 0 Å². The maximum atomic E-state index is 5.65. The minimum Gasteiger partial charge on any atom is -0.497 e. The molecule has 15 heavy (non-hydrogen) atoms. The van der Waals surface area contributed by atoms with Crippen LogP contribution < -0.4 is 4.74 Å². The number of halogens is 3. The fraction of sp³-hybridized carbons (Fsp3) is 0.222. The van der Waals surface area contributed by atoms with Gasteiger partial charge in [-0.15, -0.1) is 0 Å². The smallest absolute Gasteiger partial charge is 0.266 e. The van der Waals surface area contributed by atoms with Crippen LogP contribution in [0.4, 0.5) is 0 Å². The van der Waals surface area contributed by atoms with Crippen molar-refractivity contribution in [2.45, 2.75) is 3.79 Å². The second-order valence-corrected chi connectivity index (χ2v) is 5.13. The quantitative estimate of drug-likeness (QED) is 0.739. The zero-order chi connectivity index (χ0) is 11.1. The van der Waals surface area contributed by atoms with Gasteiger partial charge in [-0.05, 0) is 12.1 Å². The molecule has 2 rings (SSSR count). The molecule has 0 atom stereocenters. The van der Waals surface area contributed by atoms with Crippen molar-refractivity contribution in [2.24, 2.45) is 0 Å². The first kappa shape index (κ1) is 10.9. The molecule has 1 heterocycles. The Hall–Kier alpha value is -0.640. The minimum atomic E-state index is -1.65. The average molecular weight is 267 g/mol. The Labute approximate surface area is 101 Å². The predicted molar refractivity (Wildman–Crippen MR) is 59.8 cm³/mol. The lowest BCUT2D eigenvalue weighted by atomic mass is 10.3. The van der Waals surface area contributed by atoms with E-state index in [0.717, 1.165) is 0 Å². The van der Waals surface area contributed by atoms with Crippen molar-refractivity contribution in [1.82, 2.24) is 4.98 Å². The van der Waals surface area contributed by atoms with Crippen LogP contribution in [0.15, 0.2) is 22.6 Å². The molecule has 0 saturated heterocycles. The van der Waals surface area contributed by atoms with Crippen LogP contribution in [-0.2, 0) is 3.79 Å². The summed E-state index contributed by atoms with van der Waals surface area (Å²) in [6, 6.07) is 5.16. The molecule has 6 heteroatoms. The van der Waals surface area contributed by atoms with Gasteiger partial charge in [-0.3, -0.25) is 0 Å². The molecule has 0 fully saturated rings. The Morgan fingerprint density at radius 1 is 1.33 bits per heavy atom. The van der Waals surface area contributed by atoms with Gasteiger partial charge >= 0.3 is 0 Å². The zero-order valence-corrected chi connectivity index (χ0v) is 9.90. The highest BCUT2D eigenvalue weighted by Crippen LogP contribution is 2.39. The summed E-state index contributed by atoms with van der Waals surface area (Å²) >= 11 is 16.9. The molecule has 0 amide bonds. The van der Waals surface area contributed by atoms with Crippen molar-refractivity contribution in [3.8, 4) is 5.75 Å². The van der Waals surface area contributed by atoms with Crippen molar-refractivity contribution in [2.75, 3.05) is 7.11 Å². The number of aromatic nitrogens is 1. The molecule has 0 radical (unpaired) electrons. The Kier molecular flexibility index (Phi) is 2.71. The normalized spacial score (nSPS) is 12.0. The number of hydrogen-bond acceptors (Lipinski definition) is 3. The van der Waals surface area contributed by atoms with E-state index in [1.807, 2.05) is 0 Å². The van der Waals surface area contributed by atoms with E-state index >= 15 is 0 Å². The van der Waals surface area contributed by atoms with Crippen molar-refractivity contribution in [3.05, 3.63) is 24.1 Å². The molecule has 0 unspecified atom stereocenters. The third-order valence-corrected chi connectivity index (χ3v) is 2.32. The number of fused-ring (bicyclic) bond motifs is 1. The maximum Gasteiger partial charge on any atom is 0.266 e. The van der Waals surface area contributed by atoms with E-state index in [0.29, 0.717) is 16.8 Å². The topological polar surface area (TPSA) is 35.3 Å². The first-order valence-corrected chi connectivity index (χ1v) is 5.16. The van der Waals surface area contributed by atoms with Gasteiger partial charge in [0, 0.05) is 6.07 Å². The second kappa shape index (κ2) is 3.74. The Bertz CT molecular complexity index is 490. The van der Waals surface area contributed by atoms with Crippen LogP contribution in [0.1, 0.15) is 5.89 Å². The monoisotopic (exact) mass is 265 g/mol. The van der Waals surface area contributed by atoms with Gasteiger partial charge in [0.2, 0.25) is 5.89 Å². The lowest BCUT2D eigenvalue weighted by molar-refractivity contribution is 0.415. The number of alkyl halides is 3. The van der Waals surface area contributed by atoms with E-state index < -0.39 is 3.79 Å². The number of benzene rings is 1.